The Labute approximate surface area is 147 Å². The van der Waals surface area contributed by atoms with Crippen LogP contribution in [0.1, 0.15) is 38.2 Å². The topological polar surface area (TPSA) is 44.7 Å². The highest BCUT2D eigenvalue weighted by molar-refractivity contribution is 5.14. The quantitative estimate of drug-likeness (QED) is 0.690. The molecule has 1 saturated heterocycles. The lowest BCUT2D eigenvalue weighted by atomic mass is 9.91. The Morgan fingerprint density at radius 3 is 2.79 bits per heavy atom. The summed E-state index contributed by atoms with van der Waals surface area (Å²) in [6.07, 6.45) is 4.60. The highest BCUT2D eigenvalue weighted by Crippen LogP contribution is 2.20. The van der Waals surface area contributed by atoms with E-state index in [9.17, 15) is 5.11 Å². The Hall–Kier alpha value is -0.940. The van der Waals surface area contributed by atoms with Crippen LogP contribution in [0.15, 0.2) is 30.3 Å². The summed E-state index contributed by atoms with van der Waals surface area (Å²) in [5, 5.41) is 13.5. The van der Waals surface area contributed by atoms with Gasteiger partial charge in [-0.1, -0.05) is 50.1 Å². The number of hydrogen-bond donors (Lipinski definition) is 2. The van der Waals surface area contributed by atoms with Gasteiger partial charge in [0.05, 0.1) is 6.61 Å². The molecule has 0 aliphatic carbocycles. The average molecular weight is 335 g/mol. The van der Waals surface area contributed by atoms with Gasteiger partial charge in [-0.3, -0.25) is 4.90 Å². The minimum Gasteiger partial charge on any atom is -0.396 e. The minimum atomic E-state index is 0.268. The predicted molar refractivity (Wildman–Crippen MR) is 99.0 cm³/mol. The highest BCUT2D eigenvalue weighted by atomic mass is 16.5. The van der Waals surface area contributed by atoms with E-state index in [2.05, 4.69) is 47.5 Å². The maximum atomic E-state index is 9.77. The molecule has 0 bridgehead atoms. The van der Waals surface area contributed by atoms with Gasteiger partial charge in [-0.05, 0) is 30.9 Å². The smallest absolute Gasteiger partial charge is 0.0615 e. The molecular weight excluding hydrogens is 300 g/mol. The number of benzene rings is 1. The molecule has 1 heterocycles. The van der Waals surface area contributed by atoms with Crippen molar-refractivity contribution in [2.75, 3.05) is 33.4 Å². The van der Waals surface area contributed by atoms with Crippen molar-refractivity contribution in [2.24, 2.45) is 5.92 Å². The largest absolute Gasteiger partial charge is 0.396 e. The van der Waals surface area contributed by atoms with Crippen molar-refractivity contribution in [2.45, 2.75) is 51.2 Å². The van der Waals surface area contributed by atoms with E-state index in [-0.39, 0.29) is 6.61 Å². The summed E-state index contributed by atoms with van der Waals surface area (Å²) < 4.78 is 5.40. The number of ether oxygens (including phenoxy) is 1. The molecule has 1 aliphatic rings. The first-order chi connectivity index (χ1) is 11.8. The summed E-state index contributed by atoms with van der Waals surface area (Å²) in [4.78, 5) is 2.50. The molecule has 0 saturated carbocycles. The molecule has 4 heteroatoms. The van der Waals surface area contributed by atoms with Crippen molar-refractivity contribution < 1.29 is 9.84 Å². The third-order valence-electron chi connectivity index (χ3n) is 5.05. The van der Waals surface area contributed by atoms with Crippen molar-refractivity contribution in [1.29, 1.82) is 0 Å². The Morgan fingerprint density at radius 1 is 1.33 bits per heavy atom. The molecule has 2 N–H and O–H groups in total. The second-order valence-electron chi connectivity index (χ2n) is 7.02. The van der Waals surface area contributed by atoms with Crippen LogP contribution in [0.5, 0.6) is 0 Å². The average Bonchev–Trinajstić information content (AvgIpc) is 2.61. The molecule has 136 valence electrons. The molecule has 2 rings (SSSR count). The van der Waals surface area contributed by atoms with Crippen molar-refractivity contribution >= 4 is 0 Å². The zero-order valence-electron chi connectivity index (χ0n) is 15.3. The fraction of sp³-hybridized carbons (Fsp3) is 0.700. The van der Waals surface area contributed by atoms with Gasteiger partial charge in [-0.25, -0.2) is 0 Å². The van der Waals surface area contributed by atoms with Crippen LogP contribution in [-0.4, -0.2) is 55.5 Å². The minimum absolute atomic E-state index is 0.268. The van der Waals surface area contributed by atoms with Crippen molar-refractivity contribution in [1.82, 2.24) is 10.2 Å². The van der Waals surface area contributed by atoms with Crippen LogP contribution in [0, 0.1) is 5.92 Å². The number of nitrogens with one attached hydrogen (secondary N) is 1. The van der Waals surface area contributed by atoms with E-state index < -0.39 is 0 Å². The van der Waals surface area contributed by atoms with E-state index in [1.807, 2.05) is 0 Å². The van der Waals surface area contributed by atoms with Crippen molar-refractivity contribution in [3.05, 3.63) is 35.9 Å². The van der Waals surface area contributed by atoms with E-state index in [4.69, 9.17) is 4.74 Å². The maximum Gasteiger partial charge on any atom is 0.0615 e. The maximum absolute atomic E-state index is 9.77. The van der Waals surface area contributed by atoms with Gasteiger partial charge < -0.3 is 15.2 Å². The van der Waals surface area contributed by atoms with E-state index in [0.717, 1.165) is 39.1 Å². The van der Waals surface area contributed by atoms with Crippen LogP contribution in [0.2, 0.25) is 0 Å². The van der Waals surface area contributed by atoms with Crippen LogP contribution in [-0.2, 0) is 11.3 Å². The molecule has 1 aromatic carbocycles. The zero-order chi connectivity index (χ0) is 17.2. The summed E-state index contributed by atoms with van der Waals surface area (Å²) in [7, 11) is 1.77. The van der Waals surface area contributed by atoms with Gasteiger partial charge in [0, 0.05) is 38.9 Å². The molecule has 0 aromatic heterocycles. The Kier molecular flexibility index (Phi) is 8.75. The number of hydrogen-bond acceptors (Lipinski definition) is 4. The van der Waals surface area contributed by atoms with Gasteiger partial charge in [0.2, 0.25) is 0 Å². The molecule has 0 radical (unpaired) electrons. The van der Waals surface area contributed by atoms with Crippen LogP contribution in [0.25, 0.3) is 0 Å². The van der Waals surface area contributed by atoms with E-state index in [1.54, 1.807) is 7.11 Å². The lowest BCUT2D eigenvalue weighted by molar-refractivity contribution is 0.0726. The first-order valence-electron chi connectivity index (χ1n) is 9.39. The summed E-state index contributed by atoms with van der Waals surface area (Å²) in [5.41, 5.74) is 1.36. The molecule has 1 aromatic rings. The van der Waals surface area contributed by atoms with Gasteiger partial charge in [0.1, 0.15) is 0 Å². The molecule has 0 unspecified atom stereocenters. The summed E-state index contributed by atoms with van der Waals surface area (Å²) in [6.45, 7) is 6.27. The fourth-order valence-electron chi connectivity index (χ4n) is 3.63. The number of unbranched alkanes of at least 4 members (excludes halogenated alkanes) is 1. The summed E-state index contributed by atoms with van der Waals surface area (Å²) in [5.74, 6) is 0.345. The van der Waals surface area contributed by atoms with E-state index >= 15 is 0 Å². The lowest BCUT2D eigenvalue weighted by Gasteiger charge is -2.40. The van der Waals surface area contributed by atoms with Crippen LogP contribution >= 0.6 is 0 Å². The number of nitrogens with zero attached hydrogens (tertiary/aromatic N) is 1. The molecule has 4 nitrogen and oxygen atoms in total. The number of methoxy groups -OCH3 is 1. The van der Waals surface area contributed by atoms with Crippen LogP contribution in [0.3, 0.4) is 0 Å². The molecule has 3 atom stereocenters. The molecule has 0 amide bonds. The van der Waals surface area contributed by atoms with Crippen LogP contribution in [0.4, 0.5) is 0 Å². The molecule has 1 aliphatic heterocycles. The van der Waals surface area contributed by atoms with E-state index in [0.29, 0.717) is 18.0 Å². The predicted octanol–water partition coefficient (Wildman–Crippen LogP) is 2.66. The number of piperidine rings is 1. The second-order valence-corrected chi connectivity index (χ2v) is 7.02. The van der Waals surface area contributed by atoms with E-state index in [1.165, 1.54) is 18.4 Å². The van der Waals surface area contributed by atoms with Crippen molar-refractivity contribution in [3.8, 4) is 0 Å². The normalized spacial score (nSPS) is 23.3. The number of aliphatic hydroxyl groups is 1. The summed E-state index contributed by atoms with van der Waals surface area (Å²) >= 11 is 0. The van der Waals surface area contributed by atoms with Gasteiger partial charge in [-0.15, -0.1) is 0 Å². The Morgan fingerprint density at radius 2 is 2.12 bits per heavy atom. The molecule has 0 spiro atoms. The number of rotatable bonds is 10. The van der Waals surface area contributed by atoms with Crippen LogP contribution < -0.4 is 5.32 Å². The van der Waals surface area contributed by atoms with Gasteiger partial charge in [0.15, 0.2) is 0 Å². The first kappa shape index (κ1) is 19.4. The third kappa shape index (κ3) is 6.17. The molecular formula is C20H34N2O2. The highest BCUT2D eigenvalue weighted by Gasteiger charge is 2.30. The standard InChI is InChI=1S/C20H34N2O2/c1-3-4-10-19(16-24-2)21-20-14-22(12-11-18(20)15-23)13-17-8-6-5-7-9-17/h5-9,18-21,23H,3-4,10-16H2,1-2H3/t18-,19-,20-/m1/s1. The monoisotopic (exact) mass is 334 g/mol. The number of aliphatic hydroxyl groups excluding tert-OH is 1. The van der Waals surface area contributed by atoms with Gasteiger partial charge in [0.25, 0.3) is 0 Å². The second kappa shape index (κ2) is 10.8. The fourth-order valence-corrected chi connectivity index (χ4v) is 3.63. The molecule has 1 fully saturated rings. The Bertz CT molecular complexity index is 441. The Balaban J connectivity index is 1.93. The lowest BCUT2D eigenvalue weighted by Crippen LogP contribution is -2.55. The SMILES string of the molecule is CCCC[C@H](COC)N[C@@H]1CN(Cc2ccccc2)CC[C@@H]1CO. The third-order valence-corrected chi connectivity index (χ3v) is 5.05. The van der Waals surface area contributed by atoms with Gasteiger partial charge in [-0.2, -0.15) is 0 Å². The number of likely N-dealkylation sites (tertiary alicyclic amines) is 1. The van der Waals surface area contributed by atoms with Crippen molar-refractivity contribution in [3.63, 3.8) is 0 Å². The van der Waals surface area contributed by atoms with Gasteiger partial charge >= 0.3 is 0 Å². The first-order valence-corrected chi connectivity index (χ1v) is 9.39. The molecule has 24 heavy (non-hydrogen) atoms. The summed E-state index contributed by atoms with van der Waals surface area (Å²) in [6, 6.07) is 11.4. The zero-order valence-corrected chi connectivity index (χ0v) is 15.3.